The Morgan fingerprint density at radius 3 is 2.53 bits per heavy atom. The zero-order valence-electron chi connectivity index (χ0n) is 18.5. The molecule has 2 amide bonds. The van der Waals surface area contributed by atoms with Crippen LogP contribution in [0.15, 0.2) is 54.6 Å². The fourth-order valence-electron chi connectivity index (χ4n) is 4.16. The van der Waals surface area contributed by atoms with Crippen LogP contribution in [0.25, 0.3) is 0 Å². The highest BCUT2D eigenvalue weighted by atomic mass is 16.2. The third-order valence-electron chi connectivity index (χ3n) is 6.16. The molecule has 0 aromatic heterocycles. The van der Waals surface area contributed by atoms with E-state index >= 15 is 0 Å². The standard InChI is InChI=1S/C26H34N2O2/c1-20(2)16-18-27-25(30)26(3)17-15-22-13-7-8-14-23(22)24(29)28(26)19-9-12-21-10-5-4-6-11-21/h4-8,10-11,13-14,20H,9,12,15-19H2,1-3H3,(H,27,30)/t26-/m0/s1. The van der Waals surface area contributed by atoms with E-state index in [2.05, 4.69) is 31.3 Å². The van der Waals surface area contributed by atoms with Crippen LogP contribution in [-0.4, -0.2) is 35.3 Å². The van der Waals surface area contributed by atoms with Gasteiger partial charge in [0.25, 0.3) is 5.91 Å². The van der Waals surface area contributed by atoms with Crippen molar-refractivity contribution >= 4 is 11.8 Å². The van der Waals surface area contributed by atoms with Crippen LogP contribution in [0.4, 0.5) is 0 Å². The predicted octanol–water partition coefficient (Wildman–Crippen LogP) is 4.63. The van der Waals surface area contributed by atoms with Gasteiger partial charge in [-0.1, -0.05) is 62.4 Å². The highest BCUT2D eigenvalue weighted by molar-refractivity contribution is 6.00. The van der Waals surface area contributed by atoms with Gasteiger partial charge in [-0.2, -0.15) is 0 Å². The van der Waals surface area contributed by atoms with Gasteiger partial charge >= 0.3 is 0 Å². The summed E-state index contributed by atoms with van der Waals surface area (Å²) in [4.78, 5) is 28.6. The second-order valence-corrected chi connectivity index (χ2v) is 8.92. The molecular formula is C26H34N2O2. The van der Waals surface area contributed by atoms with Gasteiger partial charge in [0.2, 0.25) is 5.91 Å². The van der Waals surface area contributed by atoms with Gasteiger partial charge in [0, 0.05) is 18.7 Å². The first-order valence-corrected chi connectivity index (χ1v) is 11.1. The summed E-state index contributed by atoms with van der Waals surface area (Å²) in [6, 6.07) is 18.1. The fourth-order valence-corrected chi connectivity index (χ4v) is 4.16. The number of hydrogen-bond donors (Lipinski definition) is 1. The highest BCUT2D eigenvalue weighted by Crippen LogP contribution is 2.31. The van der Waals surface area contributed by atoms with E-state index in [-0.39, 0.29) is 11.8 Å². The lowest BCUT2D eigenvalue weighted by Gasteiger charge is -2.39. The smallest absolute Gasteiger partial charge is 0.255 e. The fraction of sp³-hybridized carbons (Fsp3) is 0.462. The van der Waals surface area contributed by atoms with Gasteiger partial charge in [0.1, 0.15) is 5.54 Å². The zero-order chi connectivity index (χ0) is 21.6. The first-order chi connectivity index (χ1) is 14.4. The van der Waals surface area contributed by atoms with Crippen LogP contribution >= 0.6 is 0 Å². The number of fused-ring (bicyclic) bond motifs is 1. The van der Waals surface area contributed by atoms with Crippen LogP contribution in [0.5, 0.6) is 0 Å². The van der Waals surface area contributed by atoms with E-state index in [1.165, 1.54) is 5.56 Å². The Hall–Kier alpha value is -2.62. The van der Waals surface area contributed by atoms with Gasteiger partial charge in [-0.15, -0.1) is 0 Å². The van der Waals surface area contributed by atoms with E-state index in [9.17, 15) is 9.59 Å². The molecule has 1 heterocycles. The van der Waals surface area contributed by atoms with Crippen molar-refractivity contribution in [3.63, 3.8) is 0 Å². The molecule has 3 rings (SSSR count). The molecule has 1 atom stereocenters. The first kappa shape index (κ1) is 22.1. The molecule has 1 N–H and O–H groups in total. The maximum absolute atomic E-state index is 13.5. The average Bonchev–Trinajstić information content (AvgIpc) is 2.85. The molecule has 0 unspecified atom stereocenters. The molecule has 2 aromatic carbocycles. The van der Waals surface area contributed by atoms with Crippen LogP contribution < -0.4 is 5.32 Å². The van der Waals surface area contributed by atoms with Crippen molar-refractivity contribution in [3.8, 4) is 0 Å². The van der Waals surface area contributed by atoms with Crippen LogP contribution in [0.2, 0.25) is 0 Å². The topological polar surface area (TPSA) is 49.4 Å². The summed E-state index contributed by atoms with van der Waals surface area (Å²) in [7, 11) is 0. The number of rotatable bonds is 8. The van der Waals surface area contributed by atoms with Gasteiger partial charge in [-0.05, 0) is 62.1 Å². The minimum Gasteiger partial charge on any atom is -0.354 e. The molecule has 0 bridgehead atoms. The molecule has 0 aliphatic carbocycles. The number of amides is 2. The molecule has 0 spiro atoms. The molecule has 2 aromatic rings. The van der Waals surface area contributed by atoms with Crippen LogP contribution in [-0.2, 0) is 17.6 Å². The Balaban J connectivity index is 1.80. The Bertz CT molecular complexity index is 862. The van der Waals surface area contributed by atoms with Gasteiger partial charge < -0.3 is 10.2 Å². The van der Waals surface area contributed by atoms with Crippen molar-refractivity contribution in [2.75, 3.05) is 13.1 Å². The first-order valence-electron chi connectivity index (χ1n) is 11.1. The van der Waals surface area contributed by atoms with E-state index in [1.807, 2.05) is 54.3 Å². The largest absolute Gasteiger partial charge is 0.354 e. The highest BCUT2D eigenvalue weighted by Gasteiger charge is 2.44. The summed E-state index contributed by atoms with van der Waals surface area (Å²) in [5.74, 6) is 0.460. The Morgan fingerprint density at radius 1 is 1.10 bits per heavy atom. The number of nitrogens with zero attached hydrogens (tertiary/aromatic N) is 1. The van der Waals surface area contributed by atoms with E-state index < -0.39 is 5.54 Å². The van der Waals surface area contributed by atoms with E-state index in [1.54, 1.807) is 0 Å². The molecule has 4 nitrogen and oxygen atoms in total. The average molecular weight is 407 g/mol. The van der Waals surface area contributed by atoms with E-state index in [0.717, 1.165) is 36.8 Å². The molecule has 4 heteroatoms. The van der Waals surface area contributed by atoms with Gasteiger partial charge in [0.15, 0.2) is 0 Å². The predicted molar refractivity (Wildman–Crippen MR) is 121 cm³/mol. The maximum atomic E-state index is 13.5. The van der Waals surface area contributed by atoms with E-state index in [4.69, 9.17) is 0 Å². The summed E-state index contributed by atoms with van der Waals surface area (Å²) in [5.41, 5.74) is 2.18. The summed E-state index contributed by atoms with van der Waals surface area (Å²) in [6.45, 7) is 7.44. The SMILES string of the molecule is CC(C)CCNC(=O)[C@]1(C)CCc2ccccc2C(=O)N1CCCc1ccccc1. The van der Waals surface area contributed by atoms with Crippen molar-refractivity contribution in [2.45, 2.75) is 58.4 Å². The molecule has 0 saturated carbocycles. The second kappa shape index (κ2) is 9.92. The van der Waals surface area contributed by atoms with Gasteiger partial charge in [0.05, 0.1) is 0 Å². The monoisotopic (exact) mass is 406 g/mol. The molecule has 0 radical (unpaired) electrons. The Labute approximate surface area is 180 Å². The van der Waals surface area contributed by atoms with Crippen molar-refractivity contribution in [1.82, 2.24) is 10.2 Å². The van der Waals surface area contributed by atoms with Crippen LogP contribution in [0.1, 0.15) is 61.5 Å². The number of benzene rings is 2. The zero-order valence-corrected chi connectivity index (χ0v) is 18.5. The quantitative estimate of drug-likeness (QED) is 0.695. The number of carbonyl (C=O) groups is 2. The number of nitrogens with one attached hydrogen (secondary N) is 1. The third-order valence-corrected chi connectivity index (χ3v) is 6.16. The summed E-state index contributed by atoms with van der Waals surface area (Å²) < 4.78 is 0. The number of hydrogen-bond acceptors (Lipinski definition) is 2. The lowest BCUT2D eigenvalue weighted by atomic mass is 9.91. The van der Waals surface area contributed by atoms with Crippen molar-refractivity contribution in [1.29, 1.82) is 0 Å². The lowest BCUT2D eigenvalue weighted by Crippen LogP contribution is -2.59. The lowest BCUT2D eigenvalue weighted by molar-refractivity contribution is -0.131. The van der Waals surface area contributed by atoms with Gasteiger partial charge in [-0.25, -0.2) is 0 Å². The van der Waals surface area contributed by atoms with Crippen molar-refractivity contribution in [3.05, 3.63) is 71.3 Å². The summed E-state index contributed by atoms with van der Waals surface area (Å²) >= 11 is 0. The molecule has 160 valence electrons. The third kappa shape index (κ3) is 5.10. The van der Waals surface area contributed by atoms with Crippen molar-refractivity contribution in [2.24, 2.45) is 5.92 Å². The summed E-state index contributed by atoms with van der Waals surface area (Å²) in [5, 5.41) is 3.10. The molecule has 1 aliphatic heterocycles. The second-order valence-electron chi connectivity index (χ2n) is 8.92. The van der Waals surface area contributed by atoms with E-state index in [0.29, 0.717) is 25.4 Å². The van der Waals surface area contributed by atoms with Crippen molar-refractivity contribution < 1.29 is 9.59 Å². The summed E-state index contributed by atoms with van der Waals surface area (Å²) in [6.07, 6.45) is 4.01. The normalized spacial score (nSPS) is 18.8. The minimum absolute atomic E-state index is 0.0299. The van der Waals surface area contributed by atoms with Crippen LogP contribution in [0.3, 0.4) is 0 Å². The Morgan fingerprint density at radius 2 is 1.80 bits per heavy atom. The number of carbonyl (C=O) groups excluding carboxylic acids is 2. The van der Waals surface area contributed by atoms with Crippen LogP contribution in [0, 0.1) is 5.92 Å². The maximum Gasteiger partial charge on any atom is 0.255 e. The molecule has 30 heavy (non-hydrogen) atoms. The minimum atomic E-state index is -0.843. The molecule has 0 fully saturated rings. The molecule has 0 saturated heterocycles. The Kier molecular flexibility index (Phi) is 7.30. The van der Waals surface area contributed by atoms with Gasteiger partial charge in [-0.3, -0.25) is 9.59 Å². The molecular weight excluding hydrogens is 372 g/mol. The number of aryl methyl sites for hydroxylation is 2. The molecule has 1 aliphatic rings.